The highest BCUT2D eigenvalue weighted by Gasteiger charge is 2.25. The van der Waals surface area contributed by atoms with Gasteiger partial charge in [0.2, 0.25) is 0 Å². The zero-order valence-corrected chi connectivity index (χ0v) is 11.4. The minimum atomic E-state index is 0.551. The van der Waals surface area contributed by atoms with Crippen LogP contribution in [0.15, 0.2) is 0 Å². The van der Waals surface area contributed by atoms with Crippen molar-refractivity contribution in [2.24, 2.45) is 5.92 Å². The first-order valence-electron chi connectivity index (χ1n) is 7.69. The molecule has 0 aromatic carbocycles. The lowest BCUT2D eigenvalue weighted by atomic mass is 9.99. The first-order chi connectivity index (χ1) is 8.40. The normalized spacial score (nSPS) is 25.9. The number of likely N-dealkylation sites (N-methyl/N-ethyl adjacent to an activating group) is 1. The smallest absolute Gasteiger partial charge is 0.0625 e. The van der Waals surface area contributed by atoms with Gasteiger partial charge in [0.05, 0.1) is 12.7 Å². The lowest BCUT2D eigenvalue weighted by Crippen LogP contribution is -2.38. The Balaban J connectivity index is 1.70. The molecule has 2 aliphatic rings. The van der Waals surface area contributed by atoms with Crippen molar-refractivity contribution < 1.29 is 4.74 Å². The molecule has 0 aromatic heterocycles. The van der Waals surface area contributed by atoms with Crippen LogP contribution in [0.1, 0.15) is 64.2 Å². The maximum Gasteiger partial charge on any atom is 0.0625 e. The quantitative estimate of drug-likeness (QED) is 0.741. The molecule has 0 saturated heterocycles. The molecular formula is C15H29NO. The molecule has 2 aliphatic carbocycles. The van der Waals surface area contributed by atoms with E-state index >= 15 is 0 Å². The van der Waals surface area contributed by atoms with Gasteiger partial charge in [0.1, 0.15) is 0 Å². The topological polar surface area (TPSA) is 21.3 Å². The van der Waals surface area contributed by atoms with Gasteiger partial charge in [0, 0.05) is 6.04 Å². The third kappa shape index (κ3) is 4.26. The molecule has 0 aliphatic heterocycles. The van der Waals surface area contributed by atoms with Crippen molar-refractivity contribution in [3.05, 3.63) is 0 Å². The van der Waals surface area contributed by atoms with Gasteiger partial charge in [-0.2, -0.15) is 0 Å². The molecule has 0 aromatic rings. The average Bonchev–Trinajstić information content (AvgIpc) is 2.74. The molecule has 1 unspecified atom stereocenters. The van der Waals surface area contributed by atoms with Crippen molar-refractivity contribution in [2.75, 3.05) is 13.7 Å². The van der Waals surface area contributed by atoms with E-state index in [9.17, 15) is 0 Å². The second kappa shape index (κ2) is 7.38. The van der Waals surface area contributed by atoms with Crippen LogP contribution in [0.5, 0.6) is 0 Å². The zero-order valence-electron chi connectivity index (χ0n) is 11.4. The summed E-state index contributed by atoms with van der Waals surface area (Å²) in [5, 5.41) is 3.47. The molecule has 2 heteroatoms. The summed E-state index contributed by atoms with van der Waals surface area (Å²) < 4.78 is 6.17. The molecule has 0 heterocycles. The highest BCUT2D eigenvalue weighted by Crippen LogP contribution is 2.28. The third-order valence-corrected chi connectivity index (χ3v) is 4.65. The van der Waals surface area contributed by atoms with E-state index in [0.717, 1.165) is 12.5 Å². The van der Waals surface area contributed by atoms with E-state index in [-0.39, 0.29) is 0 Å². The van der Waals surface area contributed by atoms with Crippen LogP contribution in [0.4, 0.5) is 0 Å². The number of hydrogen-bond acceptors (Lipinski definition) is 2. The van der Waals surface area contributed by atoms with E-state index in [1.54, 1.807) is 0 Å². The predicted molar refractivity (Wildman–Crippen MR) is 72.2 cm³/mol. The van der Waals surface area contributed by atoms with Gasteiger partial charge in [-0.1, -0.05) is 38.5 Å². The van der Waals surface area contributed by atoms with E-state index in [0.29, 0.717) is 12.1 Å². The van der Waals surface area contributed by atoms with Crippen LogP contribution in [0.25, 0.3) is 0 Å². The highest BCUT2D eigenvalue weighted by atomic mass is 16.5. The van der Waals surface area contributed by atoms with Gasteiger partial charge < -0.3 is 10.1 Å². The summed E-state index contributed by atoms with van der Waals surface area (Å²) in [4.78, 5) is 0. The molecule has 100 valence electrons. The third-order valence-electron chi connectivity index (χ3n) is 4.65. The van der Waals surface area contributed by atoms with E-state index in [1.807, 2.05) is 0 Å². The fourth-order valence-electron chi connectivity index (χ4n) is 3.46. The summed E-state index contributed by atoms with van der Waals surface area (Å²) in [5.41, 5.74) is 0. The van der Waals surface area contributed by atoms with Crippen LogP contribution in [0.3, 0.4) is 0 Å². The Kier molecular flexibility index (Phi) is 5.79. The fourth-order valence-corrected chi connectivity index (χ4v) is 3.46. The van der Waals surface area contributed by atoms with Crippen LogP contribution >= 0.6 is 0 Å². The molecule has 2 nitrogen and oxygen atoms in total. The number of ether oxygens (including phenoxy) is 1. The van der Waals surface area contributed by atoms with Crippen molar-refractivity contribution in [3.63, 3.8) is 0 Å². The monoisotopic (exact) mass is 239 g/mol. The Hall–Kier alpha value is -0.0800. The van der Waals surface area contributed by atoms with E-state index in [1.165, 1.54) is 64.2 Å². The molecule has 1 atom stereocenters. The summed E-state index contributed by atoms with van der Waals surface area (Å²) in [6.07, 6.45) is 14.4. The van der Waals surface area contributed by atoms with Gasteiger partial charge in [0.15, 0.2) is 0 Å². The molecule has 1 N–H and O–H groups in total. The maximum absolute atomic E-state index is 6.17. The Morgan fingerprint density at radius 3 is 2.12 bits per heavy atom. The van der Waals surface area contributed by atoms with Crippen molar-refractivity contribution in [3.8, 4) is 0 Å². The zero-order chi connectivity index (χ0) is 11.9. The summed E-state index contributed by atoms with van der Waals surface area (Å²) in [7, 11) is 2.10. The lowest BCUT2D eigenvalue weighted by Gasteiger charge is -2.25. The first-order valence-corrected chi connectivity index (χ1v) is 7.69. The Morgan fingerprint density at radius 1 is 0.941 bits per heavy atom. The second-order valence-electron chi connectivity index (χ2n) is 5.89. The fraction of sp³-hybridized carbons (Fsp3) is 1.00. The van der Waals surface area contributed by atoms with Crippen molar-refractivity contribution in [1.82, 2.24) is 5.32 Å². The van der Waals surface area contributed by atoms with Gasteiger partial charge in [-0.05, 0) is 38.6 Å². The van der Waals surface area contributed by atoms with Crippen molar-refractivity contribution >= 4 is 0 Å². The lowest BCUT2D eigenvalue weighted by molar-refractivity contribution is 0.0208. The molecule has 2 rings (SSSR count). The van der Waals surface area contributed by atoms with Crippen molar-refractivity contribution in [1.29, 1.82) is 0 Å². The SMILES string of the molecule is CNC(COC1CCCCCC1)C1CCCC1. The minimum absolute atomic E-state index is 0.551. The first kappa shape index (κ1) is 13.4. The van der Waals surface area contributed by atoms with E-state index < -0.39 is 0 Å². The van der Waals surface area contributed by atoms with Gasteiger partial charge in [-0.15, -0.1) is 0 Å². The van der Waals surface area contributed by atoms with E-state index in [2.05, 4.69) is 12.4 Å². The maximum atomic E-state index is 6.17. The molecular weight excluding hydrogens is 210 g/mol. The number of rotatable bonds is 5. The summed E-state index contributed by atoms with van der Waals surface area (Å²) in [6.45, 7) is 0.936. The van der Waals surface area contributed by atoms with Crippen LogP contribution in [-0.4, -0.2) is 25.8 Å². The Morgan fingerprint density at radius 2 is 1.53 bits per heavy atom. The van der Waals surface area contributed by atoms with Crippen LogP contribution in [0, 0.1) is 5.92 Å². The highest BCUT2D eigenvalue weighted by molar-refractivity contribution is 4.80. The molecule has 0 bridgehead atoms. The van der Waals surface area contributed by atoms with E-state index in [4.69, 9.17) is 4.74 Å². The molecule has 17 heavy (non-hydrogen) atoms. The Bertz CT molecular complexity index is 193. The van der Waals surface area contributed by atoms with Gasteiger partial charge in [-0.3, -0.25) is 0 Å². The summed E-state index contributed by atoms with van der Waals surface area (Å²) >= 11 is 0. The van der Waals surface area contributed by atoms with Crippen LogP contribution in [0.2, 0.25) is 0 Å². The van der Waals surface area contributed by atoms with Gasteiger partial charge in [-0.25, -0.2) is 0 Å². The summed E-state index contributed by atoms with van der Waals surface area (Å²) in [6, 6.07) is 0.598. The van der Waals surface area contributed by atoms with Gasteiger partial charge in [0.25, 0.3) is 0 Å². The molecule has 0 amide bonds. The van der Waals surface area contributed by atoms with Crippen LogP contribution < -0.4 is 5.32 Å². The van der Waals surface area contributed by atoms with Crippen molar-refractivity contribution in [2.45, 2.75) is 76.4 Å². The average molecular weight is 239 g/mol. The molecule has 2 saturated carbocycles. The number of nitrogens with one attached hydrogen (secondary N) is 1. The molecule has 0 radical (unpaired) electrons. The largest absolute Gasteiger partial charge is 0.377 e. The predicted octanol–water partition coefficient (Wildman–Crippen LogP) is 3.50. The minimum Gasteiger partial charge on any atom is -0.377 e. The van der Waals surface area contributed by atoms with Crippen LogP contribution in [-0.2, 0) is 4.74 Å². The molecule has 0 spiro atoms. The Labute approximate surface area is 107 Å². The second-order valence-corrected chi connectivity index (χ2v) is 5.89. The molecule has 2 fully saturated rings. The van der Waals surface area contributed by atoms with Gasteiger partial charge >= 0.3 is 0 Å². The standard InChI is InChI=1S/C15H29NO/c1-16-15(13-8-6-7-9-13)12-17-14-10-4-2-3-5-11-14/h13-16H,2-12H2,1H3. The number of hydrogen-bond donors (Lipinski definition) is 1. The summed E-state index contributed by atoms with van der Waals surface area (Å²) in [5.74, 6) is 0.866.